The summed E-state index contributed by atoms with van der Waals surface area (Å²) in [5, 5.41) is 0. The fourth-order valence-electron chi connectivity index (χ4n) is 4.50. The molecule has 0 saturated heterocycles. The normalized spacial score (nSPS) is 30.3. The van der Waals surface area contributed by atoms with E-state index < -0.39 is 22.5 Å². The molecule has 2 bridgehead atoms. The van der Waals surface area contributed by atoms with Crippen molar-refractivity contribution >= 4 is 28.4 Å². The monoisotopic (exact) mass is 411 g/mol. The number of benzene rings is 1. The molecule has 3 aliphatic carbocycles. The molecule has 1 saturated carbocycles. The van der Waals surface area contributed by atoms with E-state index >= 15 is 0 Å². The van der Waals surface area contributed by atoms with Crippen LogP contribution in [0, 0.1) is 30.6 Å². The minimum atomic E-state index is -1.60. The number of amides is 1. The predicted molar refractivity (Wildman–Crippen MR) is 112 cm³/mol. The highest BCUT2D eigenvalue weighted by atomic mass is 32.2. The van der Waals surface area contributed by atoms with E-state index in [1.807, 2.05) is 19.1 Å². The Morgan fingerprint density at radius 3 is 2.34 bits per heavy atom. The lowest BCUT2D eigenvalue weighted by Gasteiger charge is -2.32. The van der Waals surface area contributed by atoms with Gasteiger partial charge in [0.1, 0.15) is 5.60 Å². The SMILES string of the molecule is Cc1ccc(S(=O)C2=CC(=O)[C@@H]3[C@H](/C2=N\C(=O)OC(C)(C)C)[C@@H]2C=C[C@H]3C2)cc1. The van der Waals surface area contributed by atoms with Crippen LogP contribution >= 0.6 is 0 Å². The standard InChI is InChI=1S/C23H25NO4S/c1-13-5-9-16(10-6-13)29(27)18-12-17(25)19-14-7-8-15(11-14)20(19)21(18)24-22(26)28-23(2,3)4/h5-10,12,14-15,19-20H,11H2,1-4H3/b24-21-/t14-,15+,19+,20+,29?/m0/s1. The smallest absolute Gasteiger partial charge is 0.434 e. The maximum atomic E-state index is 13.4. The second-order valence-corrected chi connectivity index (χ2v) is 10.4. The second kappa shape index (κ2) is 7.17. The van der Waals surface area contributed by atoms with Crippen LogP contribution in [-0.2, 0) is 20.3 Å². The van der Waals surface area contributed by atoms with Crippen molar-refractivity contribution in [1.29, 1.82) is 0 Å². The molecule has 0 aliphatic heterocycles. The summed E-state index contributed by atoms with van der Waals surface area (Å²) in [7, 11) is -1.60. The van der Waals surface area contributed by atoms with Crippen LogP contribution in [0.25, 0.3) is 0 Å². The first-order valence-corrected chi connectivity index (χ1v) is 11.0. The van der Waals surface area contributed by atoms with Crippen LogP contribution in [0.2, 0.25) is 0 Å². The molecular weight excluding hydrogens is 386 g/mol. The first-order chi connectivity index (χ1) is 13.6. The summed E-state index contributed by atoms with van der Waals surface area (Å²) in [6, 6.07) is 7.34. The number of carbonyl (C=O) groups is 2. The minimum Gasteiger partial charge on any atom is -0.442 e. The first kappa shape index (κ1) is 20.0. The predicted octanol–water partition coefficient (Wildman–Crippen LogP) is 4.38. The summed E-state index contributed by atoms with van der Waals surface area (Å²) in [6.45, 7) is 7.29. The van der Waals surface area contributed by atoms with Gasteiger partial charge in [-0.25, -0.2) is 9.00 Å². The Bertz CT molecular complexity index is 981. The van der Waals surface area contributed by atoms with Crippen molar-refractivity contribution in [2.45, 2.75) is 44.6 Å². The molecule has 0 radical (unpaired) electrons. The lowest BCUT2D eigenvalue weighted by molar-refractivity contribution is -0.119. The van der Waals surface area contributed by atoms with Crippen molar-refractivity contribution in [1.82, 2.24) is 0 Å². The van der Waals surface area contributed by atoms with Gasteiger partial charge in [0.15, 0.2) is 5.78 Å². The largest absolute Gasteiger partial charge is 0.442 e. The first-order valence-electron chi connectivity index (χ1n) is 9.88. The highest BCUT2D eigenvalue weighted by Crippen LogP contribution is 2.52. The molecule has 5 atom stereocenters. The fraction of sp³-hybridized carbons (Fsp3) is 0.435. The Morgan fingerprint density at radius 1 is 1.10 bits per heavy atom. The van der Waals surface area contributed by atoms with Gasteiger partial charge >= 0.3 is 6.09 Å². The van der Waals surface area contributed by atoms with E-state index in [0.717, 1.165) is 12.0 Å². The Hall–Kier alpha value is -2.34. The number of carbonyl (C=O) groups excluding carboxylic acids is 2. The quantitative estimate of drug-likeness (QED) is 0.677. The molecule has 29 heavy (non-hydrogen) atoms. The van der Waals surface area contributed by atoms with Crippen molar-refractivity contribution in [2.24, 2.45) is 28.7 Å². The number of hydrogen-bond donors (Lipinski definition) is 0. The summed E-state index contributed by atoms with van der Waals surface area (Å²) in [6.07, 6.45) is 5.78. The van der Waals surface area contributed by atoms with Gasteiger partial charge in [-0.15, -0.1) is 0 Å². The van der Waals surface area contributed by atoms with Crippen LogP contribution in [0.3, 0.4) is 0 Å². The zero-order valence-electron chi connectivity index (χ0n) is 17.0. The third kappa shape index (κ3) is 3.78. The number of aryl methyl sites for hydroxylation is 1. The van der Waals surface area contributed by atoms with Crippen molar-refractivity contribution in [3.63, 3.8) is 0 Å². The van der Waals surface area contributed by atoms with E-state index in [2.05, 4.69) is 17.1 Å². The molecule has 4 rings (SSSR count). The average molecular weight is 412 g/mol. The molecule has 152 valence electrons. The van der Waals surface area contributed by atoms with Crippen LogP contribution < -0.4 is 0 Å². The molecule has 5 nitrogen and oxygen atoms in total. The van der Waals surface area contributed by atoms with E-state index in [4.69, 9.17) is 4.74 Å². The highest BCUT2D eigenvalue weighted by Gasteiger charge is 2.53. The lowest BCUT2D eigenvalue weighted by atomic mass is 9.74. The van der Waals surface area contributed by atoms with E-state index in [-0.39, 0.29) is 29.5 Å². The maximum Gasteiger partial charge on any atom is 0.434 e. The summed E-state index contributed by atoms with van der Waals surface area (Å²) in [4.78, 5) is 30.6. The van der Waals surface area contributed by atoms with E-state index in [1.54, 1.807) is 32.9 Å². The molecule has 1 amide bonds. The van der Waals surface area contributed by atoms with Gasteiger partial charge in [0.2, 0.25) is 0 Å². The Labute approximate surface area is 173 Å². The molecule has 6 heteroatoms. The minimum absolute atomic E-state index is 0.0227. The molecule has 0 spiro atoms. The van der Waals surface area contributed by atoms with Crippen LogP contribution in [0.5, 0.6) is 0 Å². The van der Waals surface area contributed by atoms with Crippen LogP contribution in [0.1, 0.15) is 32.8 Å². The van der Waals surface area contributed by atoms with Gasteiger partial charge in [0.25, 0.3) is 0 Å². The molecule has 1 aromatic carbocycles. The van der Waals surface area contributed by atoms with E-state index in [1.165, 1.54) is 6.08 Å². The van der Waals surface area contributed by atoms with Crippen molar-refractivity contribution in [3.8, 4) is 0 Å². The zero-order valence-corrected chi connectivity index (χ0v) is 17.9. The summed E-state index contributed by atoms with van der Waals surface area (Å²) in [5.41, 5.74) is 0.819. The molecule has 0 N–H and O–H groups in total. The molecule has 0 heterocycles. The Morgan fingerprint density at radius 2 is 1.72 bits per heavy atom. The Kier molecular flexibility index (Phi) is 4.93. The number of nitrogens with zero attached hydrogens (tertiary/aromatic N) is 1. The highest BCUT2D eigenvalue weighted by molar-refractivity contribution is 7.90. The molecule has 1 aromatic rings. The summed E-state index contributed by atoms with van der Waals surface area (Å²) < 4.78 is 18.8. The number of allylic oxidation sites excluding steroid dienone is 4. The Balaban J connectivity index is 1.77. The maximum absolute atomic E-state index is 13.4. The zero-order chi connectivity index (χ0) is 20.9. The third-order valence-corrected chi connectivity index (χ3v) is 7.10. The number of rotatable bonds is 2. The van der Waals surface area contributed by atoms with Gasteiger partial charge in [0, 0.05) is 16.7 Å². The summed E-state index contributed by atoms with van der Waals surface area (Å²) in [5.74, 6) is -0.185. The van der Waals surface area contributed by atoms with Gasteiger partial charge in [-0.3, -0.25) is 4.79 Å². The van der Waals surface area contributed by atoms with E-state index in [0.29, 0.717) is 15.5 Å². The van der Waals surface area contributed by atoms with Crippen LogP contribution in [0.15, 0.2) is 57.3 Å². The fourth-order valence-corrected chi connectivity index (χ4v) is 5.73. The number of aliphatic imine (C=N–C) groups is 1. The van der Waals surface area contributed by atoms with Crippen molar-refractivity contribution in [3.05, 3.63) is 53.0 Å². The van der Waals surface area contributed by atoms with Crippen LogP contribution in [0.4, 0.5) is 4.79 Å². The summed E-state index contributed by atoms with van der Waals surface area (Å²) >= 11 is 0. The number of ketones is 1. The van der Waals surface area contributed by atoms with E-state index in [9.17, 15) is 13.8 Å². The number of fused-ring (bicyclic) bond motifs is 5. The molecular formula is C23H25NO4S. The van der Waals surface area contributed by atoms with Gasteiger partial charge < -0.3 is 4.74 Å². The van der Waals surface area contributed by atoms with Gasteiger partial charge in [-0.1, -0.05) is 29.8 Å². The van der Waals surface area contributed by atoms with Crippen molar-refractivity contribution in [2.75, 3.05) is 0 Å². The van der Waals surface area contributed by atoms with Gasteiger partial charge in [0.05, 0.1) is 21.4 Å². The van der Waals surface area contributed by atoms with Gasteiger partial charge in [-0.05, 0) is 64.2 Å². The van der Waals surface area contributed by atoms with Crippen LogP contribution in [-0.4, -0.2) is 27.4 Å². The molecule has 0 aromatic heterocycles. The molecule has 1 fully saturated rings. The average Bonchev–Trinajstić information content (AvgIpc) is 3.24. The second-order valence-electron chi connectivity index (χ2n) is 8.97. The van der Waals surface area contributed by atoms with Crippen molar-refractivity contribution < 1.29 is 18.5 Å². The topological polar surface area (TPSA) is 72.8 Å². The molecule has 3 aliphatic rings. The van der Waals surface area contributed by atoms with Gasteiger partial charge in [-0.2, -0.15) is 4.99 Å². The molecule has 1 unspecified atom stereocenters. The number of hydrogen-bond acceptors (Lipinski definition) is 4. The number of ether oxygens (including phenoxy) is 1. The lowest BCUT2D eigenvalue weighted by Crippen LogP contribution is -2.39. The third-order valence-electron chi connectivity index (χ3n) is 5.67.